The predicted molar refractivity (Wildman–Crippen MR) is 516 cm³/mol. The van der Waals surface area contributed by atoms with Crippen LogP contribution in [0.1, 0.15) is 90.0 Å². The molecule has 0 spiro atoms. The average molecular weight is 1560 g/mol. The lowest BCUT2D eigenvalue weighted by atomic mass is 9.33. The second kappa shape index (κ2) is 27.1. The highest BCUT2D eigenvalue weighted by molar-refractivity contribution is 7.00. The molecule has 6 nitrogen and oxygen atoms in total. The number of benzene rings is 17. The molecule has 2 aliphatic heterocycles. The minimum absolute atomic E-state index is 0.00236. The summed E-state index contributed by atoms with van der Waals surface area (Å²) in [5.41, 5.74) is 28.8. The third-order valence-electron chi connectivity index (χ3n) is 25.6. The lowest BCUT2D eigenvalue weighted by Gasteiger charge is -2.45. The van der Waals surface area contributed by atoms with Gasteiger partial charge >= 0.3 is 0 Å². The third-order valence-corrected chi connectivity index (χ3v) is 25.6. The molecule has 0 saturated carbocycles. The molecule has 4 aromatic heterocycles. The van der Waals surface area contributed by atoms with Crippen LogP contribution in [0.2, 0.25) is 0 Å². The topological polar surface area (TPSA) is 26.2 Å². The van der Waals surface area contributed by atoms with Crippen molar-refractivity contribution in [1.82, 2.24) is 18.3 Å². The van der Waals surface area contributed by atoms with E-state index in [1.165, 1.54) is 32.7 Å². The van der Waals surface area contributed by atoms with Gasteiger partial charge in [-0.15, -0.1) is 0 Å². The zero-order chi connectivity index (χ0) is 88.4. The van der Waals surface area contributed by atoms with Gasteiger partial charge < -0.3 is 28.1 Å². The van der Waals surface area contributed by atoms with Gasteiger partial charge in [0.2, 0.25) is 0 Å². The number of aromatic nitrogens is 4. The molecule has 21 aromatic rings. The zero-order valence-electron chi connectivity index (χ0n) is 76.9. The molecule has 578 valence electrons. The number of hydrogen-bond acceptors (Lipinski definition) is 2. The van der Waals surface area contributed by atoms with Gasteiger partial charge in [0.25, 0.3) is 6.71 Å². The molecule has 17 aromatic carbocycles. The maximum atomic E-state index is 10.1. The lowest BCUT2D eigenvalue weighted by Crippen LogP contribution is -2.61. The van der Waals surface area contributed by atoms with Crippen LogP contribution in [0.25, 0.3) is 154 Å². The first-order valence-electron chi connectivity index (χ1n) is 46.0. The minimum atomic E-state index is -0.578. The van der Waals surface area contributed by atoms with Gasteiger partial charge in [0.15, 0.2) is 0 Å². The van der Waals surface area contributed by atoms with Crippen LogP contribution in [0.5, 0.6) is 0 Å². The van der Waals surface area contributed by atoms with Crippen molar-refractivity contribution in [3.8, 4) is 67.3 Å². The fraction of sp³-hybridized carbons (Fsp3) is 0.105. The minimum Gasteiger partial charge on any atom is -0.311 e. The number of rotatable bonds is 10. The summed E-state index contributed by atoms with van der Waals surface area (Å²) in [7, 11) is 0. The van der Waals surface area contributed by atoms with E-state index in [2.05, 4.69) is 407 Å². The molecule has 0 N–H and O–H groups in total. The summed E-state index contributed by atoms with van der Waals surface area (Å²) in [5, 5.41) is 6.80. The van der Waals surface area contributed by atoms with Crippen molar-refractivity contribution in [2.45, 2.75) is 78.6 Å². The highest BCUT2D eigenvalue weighted by Gasteiger charge is 2.46. The molecule has 23 rings (SSSR count). The van der Waals surface area contributed by atoms with Gasteiger partial charge in [-0.3, -0.25) is 0 Å². The summed E-state index contributed by atoms with van der Waals surface area (Å²) in [6, 6.07) is 116. The molecular formula is C114H89BN6. The maximum Gasteiger partial charge on any atom is 0.252 e. The van der Waals surface area contributed by atoms with Crippen molar-refractivity contribution in [1.29, 1.82) is 0 Å². The molecule has 0 fully saturated rings. The van der Waals surface area contributed by atoms with E-state index >= 15 is 0 Å². The fourth-order valence-corrected chi connectivity index (χ4v) is 19.7. The molecule has 0 unspecified atom stereocenters. The largest absolute Gasteiger partial charge is 0.311 e. The normalized spacial score (nSPS) is 13.9. The van der Waals surface area contributed by atoms with Gasteiger partial charge in [-0.05, 0) is 222 Å². The second-order valence-electron chi connectivity index (χ2n) is 35.9. The Kier molecular flexibility index (Phi) is 14.3. The van der Waals surface area contributed by atoms with Gasteiger partial charge in [-0.25, -0.2) is 0 Å². The van der Waals surface area contributed by atoms with Crippen LogP contribution >= 0.6 is 0 Å². The van der Waals surface area contributed by atoms with Crippen molar-refractivity contribution in [2.75, 3.05) is 9.80 Å². The molecule has 0 amide bonds. The first-order valence-corrected chi connectivity index (χ1v) is 42.0. The van der Waals surface area contributed by atoms with E-state index < -0.39 is 43.0 Å². The average Bonchev–Trinajstić information content (AvgIpc) is 0.992. The standard InChI is InChI=1S/C114H89BN6/c1-112(2,3)78-50-57-103-93(63-78)94-64-79(113(4,5)6)51-58-104(94)118(103)82-52-55-96-106(68-82)120(84-61-76(72-32-14-10-15-33-72)60-77(62-84)73-34-16-11-17-35-73)108-70-85(119-102-49-31-26-44-90(102)95-67-81(54-59-105(95)119)116-98-45-27-22-40-86(98)87-41-23-28-46-99(87)116)71-109-110(108)115(96)97-56-53-83(117-100-47-29-24-42-88(100)89-43-25-30-48-101(89)117)69-107(97)121(109)111-91(74-36-18-12-19-37-74)65-80(114(7,8)9)66-92(111)75-38-20-13-21-39-75/h10-71H,1-9H3/i24D,25D,29D,30D,42D,43D,47D,48D. The van der Waals surface area contributed by atoms with E-state index in [1.54, 1.807) is 4.57 Å². The van der Waals surface area contributed by atoms with Gasteiger partial charge in [0, 0.05) is 99.7 Å². The summed E-state index contributed by atoms with van der Waals surface area (Å²) < 4.78 is 86.1. The SMILES string of the molecule is [2H]c1c([2H])c([2H])c2c(c1[2H])c1c([2H])c([2H])c([2H])c([2H])c1n2-c1ccc2c(c1)N(c1c(-c3ccccc3)cc(C(C)(C)C)cc1-c1ccccc1)c1cc(-n3c4ccccc4c4cc(-n5c6ccccc6c6ccccc65)ccc43)cc3c1B2c1ccc(-n2c4ccc(C(C)(C)C)cc4c4cc(C(C)(C)C)ccc42)cc1N3c1cc(-c2ccccc2)cc(-c2ccccc2)c1. The Morgan fingerprint density at radius 1 is 0.231 bits per heavy atom. The summed E-state index contributed by atoms with van der Waals surface area (Å²) in [6.07, 6.45) is 0. The van der Waals surface area contributed by atoms with Crippen LogP contribution in [0, 0.1) is 0 Å². The fourth-order valence-electron chi connectivity index (χ4n) is 19.7. The quantitative estimate of drug-likeness (QED) is 0.128. The second-order valence-corrected chi connectivity index (χ2v) is 35.9. The molecular weight excluding hydrogens is 1460 g/mol. The van der Waals surface area contributed by atoms with E-state index in [9.17, 15) is 11.0 Å². The number of hydrogen-bond donors (Lipinski definition) is 0. The van der Waals surface area contributed by atoms with E-state index in [-0.39, 0.29) is 50.1 Å². The molecule has 0 bridgehead atoms. The van der Waals surface area contributed by atoms with Crippen LogP contribution in [-0.2, 0) is 16.2 Å². The Morgan fingerprint density at radius 3 is 1.04 bits per heavy atom. The molecule has 0 saturated heterocycles. The smallest absolute Gasteiger partial charge is 0.252 e. The Bertz CT molecular complexity index is 8040. The molecule has 6 heterocycles. The van der Waals surface area contributed by atoms with Gasteiger partial charge in [-0.1, -0.05) is 299 Å². The molecule has 0 aliphatic carbocycles. The molecule has 7 heteroatoms. The molecule has 2 aliphatic rings. The number of anilines is 6. The Labute approximate surface area is 717 Å². The van der Waals surface area contributed by atoms with Crippen molar-refractivity contribution < 1.29 is 11.0 Å². The van der Waals surface area contributed by atoms with E-state index in [4.69, 9.17) is 0 Å². The van der Waals surface area contributed by atoms with Crippen LogP contribution in [0.3, 0.4) is 0 Å². The van der Waals surface area contributed by atoms with E-state index in [0.717, 1.165) is 162 Å². The van der Waals surface area contributed by atoms with Gasteiger partial charge in [-0.2, -0.15) is 0 Å². The highest BCUT2D eigenvalue weighted by Crippen LogP contribution is 2.55. The Hall–Kier alpha value is -14.4. The van der Waals surface area contributed by atoms with Gasteiger partial charge in [0.1, 0.15) is 0 Å². The number of nitrogens with zero attached hydrogens (tertiary/aromatic N) is 6. The van der Waals surface area contributed by atoms with Crippen molar-refractivity contribution in [2.24, 2.45) is 0 Å². The first kappa shape index (κ1) is 63.7. The van der Waals surface area contributed by atoms with Crippen molar-refractivity contribution in [3.05, 3.63) is 393 Å². The summed E-state index contributed by atoms with van der Waals surface area (Å²) >= 11 is 0. The molecule has 0 radical (unpaired) electrons. The van der Waals surface area contributed by atoms with Crippen LogP contribution in [-0.4, -0.2) is 25.0 Å². The summed E-state index contributed by atoms with van der Waals surface area (Å²) in [5.74, 6) is 0. The van der Waals surface area contributed by atoms with Crippen LogP contribution in [0.15, 0.2) is 376 Å². The Balaban J connectivity index is 0.915. The molecule has 0 atom stereocenters. The predicted octanol–water partition coefficient (Wildman–Crippen LogP) is 28.7. The number of para-hydroxylation sites is 5. The monoisotopic (exact) mass is 1560 g/mol. The van der Waals surface area contributed by atoms with Crippen molar-refractivity contribution >= 4 is 144 Å². The third kappa shape index (κ3) is 11.4. The highest BCUT2D eigenvalue weighted by atomic mass is 15.2. The molecule has 121 heavy (non-hydrogen) atoms. The summed E-state index contributed by atoms with van der Waals surface area (Å²) in [6.45, 7) is 20.0. The lowest BCUT2D eigenvalue weighted by molar-refractivity contribution is 0.590. The zero-order valence-corrected chi connectivity index (χ0v) is 68.9. The van der Waals surface area contributed by atoms with E-state index in [0.29, 0.717) is 5.69 Å². The first-order chi connectivity index (χ1) is 62.2. The van der Waals surface area contributed by atoms with Crippen molar-refractivity contribution in [3.63, 3.8) is 0 Å². The van der Waals surface area contributed by atoms with Gasteiger partial charge in [0.05, 0.1) is 66.5 Å². The maximum absolute atomic E-state index is 10.1. The summed E-state index contributed by atoms with van der Waals surface area (Å²) in [4.78, 5) is 5.04. The van der Waals surface area contributed by atoms with Crippen LogP contribution < -0.4 is 26.2 Å². The van der Waals surface area contributed by atoms with Crippen LogP contribution in [0.4, 0.5) is 34.1 Å². The van der Waals surface area contributed by atoms with E-state index in [1.807, 2.05) is 6.07 Å². The number of fused-ring (bicyclic) bond motifs is 16. The Morgan fingerprint density at radius 2 is 0.579 bits per heavy atom.